The predicted molar refractivity (Wildman–Crippen MR) is 66.4 cm³/mol. The Hall–Kier alpha value is -0.830. The molecular weight excluding hydrogens is 198 g/mol. The molecule has 16 heavy (non-hydrogen) atoms. The summed E-state index contributed by atoms with van der Waals surface area (Å²) in [6.07, 6.45) is 5.56. The highest BCUT2D eigenvalue weighted by Crippen LogP contribution is 2.40. The normalized spacial score (nSPS) is 23.1. The van der Waals surface area contributed by atoms with Gasteiger partial charge in [0.05, 0.1) is 6.20 Å². The summed E-state index contributed by atoms with van der Waals surface area (Å²) in [5.74, 6) is 0. The van der Waals surface area contributed by atoms with Crippen LogP contribution in [0.4, 0.5) is 0 Å². The van der Waals surface area contributed by atoms with Crippen molar-refractivity contribution in [3.05, 3.63) is 17.5 Å². The highest BCUT2D eigenvalue weighted by Gasteiger charge is 2.33. The molecular formula is C13H23N3. The minimum Gasteiger partial charge on any atom is -0.313 e. The van der Waals surface area contributed by atoms with Crippen LogP contribution in [0, 0.1) is 5.41 Å². The Labute approximate surface area is 98.2 Å². The molecule has 1 heterocycles. The molecule has 3 nitrogen and oxygen atoms in total. The van der Waals surface area contributed by atoms with E-state index >= 15 is 0 Å². The summed E-state index contributed by atoms with van der Waals surface area (Å²) in [5, 5.41) is 7.95. The summed E-state index contributed by atoms with van der Waals surface area (Å²) < 4.78 is 2.20. The summed E-state index contributed by atoms with van der Waals surface area (Å²) in [6.45, 7) is 7.95. The van der Waals surface area contributed by atoms with Gasteiger partial charge in [-0.15, -0.1) is 0 Å². The van der Waals surface area contributed by atoms with Crippen LogP contribution in [0.5, 0.6) is 0 Å². The molecule has 0 radical (unpaired) electrons. The summed E-state index contributed by atoms with van der Waals surface area (Å²) in [5.41, 5.74) is 3.24. The molecule has 0 spiro atoms. The Morgan fingerprint density at radius 2 is 2.31 bits per heavy atom. The second-order valence-electron chi connectivity index (χ2n) is 5.66. The monoisotopic (exact) mass is 221 g/mol. The Balaban J connectivity index is 2.36. The number of fused-ring (bicyclic) bond motifs is 1. The second-order valence-corrected chi connectivity index (χ2v) is 5.66. The van der Waals surface area contributed by atoms with Gasteiger partial charge in [-0.25, -0.2) is 0 Å². The summed E-state index contributed by atoms with van der Waals surface area (Å²) in [6, 6.07) is 0.476. The second kappa shape index (κ2) is 4.21. The lowest BCUT2D eigenvalue weighted by molar-refractivity contribution is 0.257. The standard InChI is InChI=1S/C13H23N3/c1-5-6-16-12-8-13(2,3)7-11(14-4)10(12)9-15-16/h9,11,14H,5-8H2,1-4H3. The lowest BCUT2D eigenvalue weighted by Crippen LogP contribution is -2.32. The average molecular weight is 221 g/mol. The fourth-order valence-corrected chi connectivity index (χ4v) is 2.76. The summed E-state index contributed by atoms with van der Waals surface area (Å²) >= 11 is 0. The van der Waals surface area contributed by atoms with Gasteiger partial charge in [-0.05, 0) is 31.7 Å². The van der Waals surface area contributed by atoms with Gasteiger partial charge in [0.15, 0.2) is 0 Å². The minimum absolute atomic E-state index is 0.381. The molecule has 1 atom stereocenters. The van der Waals surface area contributed by atoms with Crippen LogP contribution < -0.4 is 5.32 Å². The van der Waals surface area contributed by atoms with Gasteiger partial charge in [0.1, 0.15) is 0 Å². The smallest absolute Gasteiger partial charge is 0.0540 e. The SMILES string of the molecule is CCCn1ncc2c1CC(C)(C)CC2NC. The Kier molecular flexibility index (Phi) is 3.06. The zero-order valence-electron chi connectivity index (χ0n) is 10.9. The van der Waals surface area contributed by atoms with E-state index < -0.39 is 0 Å². The van der Waals surface area contributed by atoms with E-state index in [1.165, 1.54) is 17.7 Å². The van der Waals surface area contributed by atoms with Crippen molar-refractivity contribution in [1.29, 1.82) is 0 Å². The Morgan fingerprint density at radius 1 is 1.56 bits per heavy atom. The minimum atomic E-state index is 0.381. The molecule has 0 bridgehead atoms. The summed E-state index contributed by atoms with van der Waals surface area (Å²) in [7, 11) is 2.05. The lowest BCUT2D eigenvalue weighted by atomic mass is 9.74. The van der Waals surface area contributed by atoms with Crippen molar-refractivity contribution in [2.45, 2.75) is 52.6 Å². The van der Waals surface area contributed by atoms with E-state index in [2.05, 4.69) is 42.1 Å². The lowest BCUT2D eigenvalue weighted by Gasteiger charge is -2.35. The molecule has 90 valence electrons. The first-order valence-electron chi connectivity index (χ1n) is 6.29. The van der Waals surface area contributed by atoms with Gasteiger partial charge < -0.3 is 5.32 Å². The third-order valence-electron chi connectivity index (χ3n) is 3.54. The van der Waals surface area contributed by atoms with Gasteiger partial charge in [-0.2, -0.15) is 5.10 Å². The maximum atomic E-state index is 4.53. The van der Waals surface area contributed by atoms with Gasteiger partial charge in [0.25, 0.3) is 0 Å². The van der Waals surface area contributed by atoms with Crippen LogP contribution in [-0.4, -0.2) is 16.8 Å². The van der Waals surface area contributed by atoms with E-state index in [0.29, 0.717) is 11.5 Å². The maximum absolute atomic E-state index is 4.53. The van der Waals surface area contributed by atoms with Crippen LogP contribution in [0.15, 0.2) is 6.20 Å². The molecule has 1 aromatic rings. The molecule has 2 rings (SSSR count). The van der Waals surface area contributed by atoms with E-state index in [1.54, 1.807) is 0 Å². The molecule has 0 saturated heterocycles. The van der Waals surface area contributed by atoms with Crippen molar-refractivity contribution >= 4 is 0 Å². The molecule has 0 saturated carbocycles. The van der Waals surface area contributed by atoms with Gasteiger partial charge >= 0.3 is 0 Å². The number of hydrogen-bond donors (Lipinski definition) is 1. The van der Waals surface area contributed by atoms with Crippen LogP contribution in [0.3, 0.4) is 0 Å². The first kappa shape index (κ1) is 11.6. The van der Waals surface area contributed by atoms with Crippen LogP contribution >= 0.6 is 0 Å². The van der Waals surface area contributed by atoms with Crippen LogP contribution in [0.1, 0.15) is 50.9 Å². The summed E-state index contributed by atoms with van der Waals surface area (Å²) in [4.78, 5) is 0. The van der Waals surface area contributed by atoms with E-state index in [9.17, 15) is 0 Å². The molecule has 1 N–H and O–H groups in total. The van der Waals surface area contributed by atoms with Crippen LogP contribution in [0.2, 0.25) is 0 Å². The number of aryl methyl sites for hydroxylation is 1. The van der Waals surface area contributed by atoms with Crippen molar-refractivity contribution in [2.75, 3.05) is 7.05 Å². The van der Waals surface area contributed by atoms with E-state index in [0.717, 1.165) is 19.4 Å². The number of aromatic nitrogens is 2. The molecule has 1 aliphatic rings. The first-order chi connectivity index (χ1) is 7.57. The largest absolute Gasteiger partial charge is 0.313 e. The van der Waals surface area contributed by atoms with Crippen molar-refractivity contribution in [2.24, 2.45) is 5.41 Å². The van der Waals surface area contributed by atoms with Crippen LogP contribution in [0.25, 0.3) is 0 Å². The molecule has 3 heteroatoms. The molecule has 1 aliphatic carbocycles. The molecule has 0 fully saturated rings. The zero-order valence-corrected chi connectivity index (χ0v) is 10.9. The van der Waals surface area contributed by atoms with Gasteiger partial charge in [-0.1, -0.05) is 20.8 Å². The van der Waals surface area contributed by atoms with Crippen molar-refractivity contribution in [3.63, 3.8) is 0 Å². The van der Waals surface area contributed by atoms with E-state index in [1.807, 2.05) is 7.05 Å². The average Bonchev–Trinajstić information content (AvgIpc) is 2.59. The molecule has 1 unspecified atom stereocenters. The quantitative estimate of drug-likeness (QED) is 0.850. The fraction of sp³-hybridized carbons (Fsp3) is 0.769. The van der Waals surface area contributed by atoms with E-state index in [4.69, 9.17) is 0 Å². The molecule has 1 aromatic heterocycles. The number of hydrogen-bond acceptors (Lipinski definition) is 2. The number of nitrogens with zero attached hydrogens (tertiary/aromatic N) is 2. The number of rotatable bonds is 3. The van der Waals surface area contributed by atoms with E-state index in [-0.39, 0.29) is 0 Å². The van der Waals surface area contributed by atoms with Crippen molar-refractivity contribution < 1.29 is 0 Å². The third kappa shape index (κ3) is 2.01. The Morgan fingerprint density at radius 3 is 2.94 bits per heavy atom. The van der Waals surface area contributed by atoms with Crippen molar-refractivity contribution in [1.82, 2.24) is 15.1 Å². The van der Waals surface area contributed by atoms with Gasteiger partial charge in [-0.3, -0.25) is 4.68 Å². The number of nitrogens with one attached hydrogen (secondary N) is 1. The van der Waals surface area contributed by atoms with Gasteiger partial charge in [0.2, 0.25) is 0 Å². The highest BCUT2D eigenvalue weighted by atomic mass is 15.3. The third-order valence-corrected chi connectivity index (χ3v) is 3.54. The molecule has 0 aromatic carbocycles. The van der Waals surface area contributed by atoms with Crippen molar-refractivity contribution in [3.8, 4) is 0 Å². The Bertz CT molecular complexity index is 365. The topological polar surface area (TPSA) is 29.9 Å². The fourth-order valence-electron chi connectivity index (χ4n) is 2.76. The predicted octanol–water partition coefficient (Wildman–Crippen LogP) is 2.53. The first-order valence-corrected chi connectivity index (χ1v) is 6.29. The zero-order chi connectivity index (χ0) is 11.8. The highest BCUT2D eigenvalue weighted by molar-refractivity contribution is 5.27. The van der Waals surface area contributed by atoms with Crippen LogP contribution in [-0.2, 0) is 13.0 Å². The molecule has 0 aliphatic heterocycles. The maximum Gasteiger partial charge on any atom is 0.0540 e. The van der Waals surface area contributed by atoms with Gasteiger partial charge in [0, 0.05) is 23.8 Å². The molecule has 0 amide bonds.